The van der Waals surface area contributed by atoms with E-state index in [0.717, 1.165) is 103 Å². The fourth-order valence-electron chi connectivity index (χ4n) is 8.35. The minimum Gasteiger partial charge on any atom is -0.394 e. The number of amides is 1. The molecule has 7 unspecified atom stereocenters. The Morgan fingerprint density at radius 1 is 0.493 bits per heavy atom. The van der Waals surface area contributed by atoms with Gasteiger partial charge in [-0.1, -0.05) is 239 Å². The molecule has 9 heteroatoms. The van der Waals surface area contributed by atoms with Crippen molar-refractivity contribution < 1.29 is 39.8 Å². The molecular weight excluding hydrogens is 887 g/mol. The predicted octanol–water partition coefficient (Wildman–Crippen LogP) is 14.2. The maximum atomic E-state index is 13.0. The Hall–Kier alpha value is -3.15. The SMILES string of the molecule is CC/C=C\C/C=C\C/C=C\C/C=C\C/C=C\C/C=C\C/C=C\C/C=C\CCCCCCC(=O)NC(COC1OC(CO)C(O)C(O)C1O)C(O)/C=C/CCCCCCCCCCCCCCCCCCC. The summed E-state index contributed by atoms with van der Waals surface area (Å²) in [5.74, 6) is -0.205. The highest BCUT2D eigenvalue weighted by molar-refractivity contribution is 5.76. The number of carbonyl (C=O) groups excluding carboxylic acids is 1. The van der Waals surface area contributed by atoms with Gasteiger partial charge in [-0.25, -0.2) is 0 Å². The molecule has 1 amide bonds. The Kier molecular flexibility index (Phi) is 46.7. The van der Waals surface area contributed by atoms with Crippen LogP contribution < -0.4 is 5.32 Å². The van der Waals surface area contributed by atoms with E-state index in [1.54, 1.807) is 6.08 Å². The van der Waals surface area contributed by atoms with Crippen molar-refractivity contribution in [3.05, 3.63) is 109 Å². The van der Waals surface area contributed by atoms with Crippen molar-refractivity contribution in [2.45, 2.75) is 262 Å². The predicted molar refractivity (Wildman–Crippen MR) is 299 cm³/mol. The summed E-state index contributed by atoms with van der Waals surface area (Å²) in [5.41, 5.74) is 0. The van der Waals surface area contributed by atoms with Crippen LogP contribution in [0.3, 0.4) is 0 Å². The summed E-state index contributed by atoms with van der Waals surface area (Å²) in [5, 5.41) is 54.5. The van der Waals surface area contributed by atoms with Crippen molar-refractivity contribution in [1.29, 1.82) is 0 Å². The van der Waals surface area contributed by atoms with E-state index in [1.807, 2.05) is 6.08 Å². The van der Waals surface area contributed by atoms with Crippen molar-refractivity contribution in [3.8, 4) is 0 Å². The Morgan fingerprint density at radius 3 is 1.30 bits per heavy atom. The highest BCUT2D eigenvalue weighted by atomic mass is 16.7. The van der Waals surface area contributed by atoms with Crippen LogP contribution in [-0.2, 0) is 14.3 Å². The van der Waals surface area contributed by atoms with Gasteiger partial charge >= 0.3 is 0 Å². The number of hydrogen-bond acceptors (Lipinski definition) is 8. The maximum absolute atomic E-state index is 13.0. The number of aliphatic hydroxyl groups excluding tert-OH is 5. The summed E-state index contributed by atoms with van der Waals surface area (Å²) in [6.07, 6.45) is 67.1. The lowest BCUT2D eigenvalue weighted by Gasteiger charge is -2.40. The van der Waals surface area contributed by atoms with Crippen molar-refractivity contribution in [2.24, 2.45) is 0 Å². The summed E-state index contributed by atoms with van der Waals surface area (Å²) in [6, 6.07) is -0.827. The molecule has 0 aliphatic carbocycles. The molecule has 1 aliphatic rings. The van der Waals surface area contributed by atoms with E-state index in [-0.39, 0.29) is 12.5 Å². The number of allylic oxidation sites excluding steroid dienone is 17. The van der Waals surface area contributed by atoms with Gasteiger partial charge < -0.3 is 40.3 Å². The zero-order valence-electron chi connectivity index (χ0n) is 44.9. The Labute approximate surface area is 434 Å². The van der Waals surface area contributed by atoms with Crippen LogP contribution >= 0.6 is 0 Å². The van der Waals surface area contributed by atoms with Gasteiger partial charge in [0.2, 0.25) is 5.91 Å². The Morgan fingerprint density at radius 2 is 0.873 bits per heavy atom. The molecule has 0 aromatic heterocycles. The molecule has 1 aliphatic heterocycles. The summed E-state index contributed by atoms with van der Waals surface area (Å²) in [6.45, 7) is 3.65. The molecule has 0 spiro atoms. The van der Waals surface area contributed by atoms with Crippen LogP contribution in [0, 0.1) is 0 Å². The molecule has 1 rings (SSSR count). The summed E-state index contributed by atoms with van der Waals surface area (Å²) in [7, 11) is 0. The van der Waals surface area contributed by atoms with Crippen LogP contribution in [-0.4, -0.2) is 87.5 Å². The first kappa shape index (κ1) is 65.9. The number of carbonyl (C=O) groups is 1. The highest BCUT2D eigenvalue weighted by Gasteiger charge is 2.44. The van der Waals surface area contributed by atoms with E-state index in [2.05, 4.69) is 116 Å². The topological polar surface area (TPSA) is 149 Å². The minimum absolute atomic E-state index is 0.205. The van der Waals surface area contributed by atoms with Gasteiger partial charge in [0.25, 0.3) is 0 Å². The molecule has 0 saturated carbocycles. The van der Waals surface area contributed by atoms with Gasteiger partial charge in [0.05, 0.1) is 25.4 Å². The smallest absolute Gasteiger partial charge is 0.220 e. The fraction of sp³-hybridized carbons (Fsp3) is 0.694. The number of ether oxygens (including phenoxy) is 2. The van der Waals surface area contributed by atoms with Crippen molar-refractivity contribution in [2.75, 3.05) is 13.2 Å². The van der Waals surface area contributed by atoms with E-state index >= 15 is 0 Å². The third kappa shape index (κ3) is 40.0. The lowest BCUT2D eigenvalue weighted by Crippen LogP contribution is -2.60. The lowest BCUT2D eigenvalue weighted by atomic mass is 9.99. The summed E-state index contributed by atoms with van der Waals surface area (Å²) >= 11 is 0. The Bertz CT molecular complexity index is 1480. The second-order valence-electron chi connectivity index (χ2n) is 19.4. The van der Waals surface area contributed by atoms with Crippen molar-refractivity contribution in [3.63, 3.8) is 0 Å². The molecule has 6 N–H and O–H groups in total. The second-order valence-corrected chi connectivity index (χ2v) is 19.4. The van der Waals surface area contributed by atoms with E-state index < -0.39 is 49.5 Å². The average molecular weight is 993 g/mol. The standard InChI is InChI=1S/C62H105NO8/c1-3-5-7-9-11-13-15-17-19-21-23-24-25-26-27-28-29-30-31-32-34-36-38-40-42-44-46-48-50-52-58(66)63-55(54-70-62-61(69)60(68)59(67)57(53-64)71-62)56(65)51-49-47-45-43-41-39-37-35-33-22-20-18-16-14-12-10-8-6-4-2/h5,7,11,13,17,19,23-24,26-27,29-30,32,34,38,40,49,51,55-57,59-62,64-65,67-69H,3-4,6,8-10,12,14-16,18,20-22,25,28,31,33,35-37,39,41-48,50,52-54H2,1-2H3,(H,63,66)/b7-5-,13-11-,19-17-,24-23-,27-26-,30-29-,34-32-,40-38-,51-49+. The van der Waals surface area contributed by atoms with Gasteiger partial charge in [0.15, 0.2) is 6.29 Å². The van der Waals surface area contributed by atoms with Crippen LogP contribution in [0.2, 0.25) is 0 Å². The quantitative estimate of drug-likeness (QED) is 0.0261. The van der Waals surface area contributed by atoms with Gasteiger partial charge in [-0.3, -0.25) is 4.79 Å². The molecular formula is C62H105NO8. The second kappa shape index (κ2) is 50.4. The molecule has 7 atom stereocenters. The van der Waals surface area contributed by atoms with Gasteiger partial charge in [0, 0.05) is 6.42 Å². The molecule has 9 nitrogen and oxygen atoms in total. The van der Waals surface area contributed by atoms with Crippen LogP contribution in [0.1, 0.15) is 219 Å². The molecule has 71 heavy (non-hydrogen) atoms. The van der Waals surface area contributed by atoms with Gasteiger partial charge in [-0.05, 0) is 83.5 Å². The zero-order valence-corrected chi connectivity index (χ0v) is 44.9. The van der Waals surface area contributed by atoms with Crippen LogP contribution in [0.4, 0.5) is 0 Å². The maximum Gasteiger partial charge on any atom is 0.220 e. The lowest BCUT2D eigenvalue weighted by molar-refractivity contribution is -0.302. The molecule has 1 heterocycles. The monoisotopic (exact) mass is 992 g/mol. The van der Waals surface area contributed by atoms with Crippen LogP contribution in [0.15, 0.2) is 109 Å². The van der Waals surface area contributed by atoms with Crippen LogP contribution in [0.5, 0.6) is 0 Å². The summed E-state index contributed by atoms with van der Waals surface area (Å²) in [4.78, 5) is 13.0. The molecule has 0 aromatic carbocycles. The molecule has 1 saturated heterocycles. The largest absolute Gasteiger partial charge is 0.394 e. The number of aliphatic hydroxyl groups is 5. The van der Waals surface area contributed by atoms with Gasteiger partial charge in [0.1, 0.15) is 24.4 Å². The third-order valence-corrected chi connectivity index (χ3v) is 12.9. The fourth-order valence-corrected chi connectivity index (χ4v) is 8.35. The minimum atomic E-state index is -1.58. The van der Waals surface area contributed by atoms with Crippen molar-refractivity contribution >= 4 is 5.91 Å². The number of unbranched alkanes of at least 4 members (excludes halogenated alkanes) is 21. The first-order valence-electron chi connectivity index (χ1n) is 28.6. The summed E-state index contributed by atoms with van der Waals surface area (Å²) < 4.78 is 11.3. The zero-order chi connectivity index (χ0) is 51.5. The van der Waals surface area contributed by atoms with E-state index in [4.69, 9.17) is 9.47 Å². The third-order valence-electron chi connectivity index (χ3n) is 12.9. The van der Waals surface area contributed by atoms with E-state index in [9.17, 15) is 30.3 Å². The molecule has 0 bridgehead atoms. The Balaban J connectivity index is 2.28. The first-order chi connectivity index (χ1) is 34.8. The average Bonchev–Trinajstić information content (AvgIpc) is 3.37. The van der Waals surface area contributed by atoms with Crippen molar-refractivity contribution in [1.82, 2.24) is 5.32 Å². The van der Waals surface area contributed by atoms with E-state index in [1.165, 1.54) is 96.3 Å². The molecule has 0 aromatic rings. The van der Waals surface area contributed by atoms with Gasteiger partial charge in [-0.15, -0.1) is 0 Å². The van der Waals surface area contributed by atoms with Gasteiger partial charge in [-0.2, -0.15) is 0 Å². The normalized spacial score (nSPS) is 20.1. The molecule has 406 valence electrons. The van der Waals surface area contributed by atoms with Crippen LogP contribution in [0.25, 0.3) is 0 Å². The highest BCUT2D eigenvalue weighted by Crippen LogP contribution is 2.23. The number of hydrogen-bond donors (Lipinski definition) is 6. The first-order valence-corrected chi connectivity index (χ1v) is 28.6. The van der Waals surface area contributed by atoms with E-state index in [0.29, 0.717) is 6.42 Å². The molecule has 0 radical (unpaired) electrons. The number of rotatable bonds is 47. The number of nitrogens with one attached hydrogen (secondary N) is 1. The molecule has 1 fully saturated rings.